The quantitative estimate of drug-likeness (QED) is 0.915. The molecule has 0 radical (unpaired) electrons. The van der Waals surface area contributed by atoms with Crippen molar-refractivity contribution < 1.29 is 8.42 Å². The Balaban J connectivity index is 2.42. The minimum absolute atomic E-state index is 0.0502. The van der Waals surface area contributed by atoms with Crippen molar-refractivity contribution in [2.24, 2.45) is 0 Å². The number of hydrogen-bond acceptors (Lipinski definition) is 7. The summed E-state index contributed by atoms with van der Waals surface area (Å²) >= 11 is 3.09. The van der Waals surface area contributed by atoms with Crippen LogP contribution in [0.5, 0.6) is 0 Å². The summed E-state index contributed by atoms with van der Waals surface area (Å²) in [5.74, 6) is 1.17. The molecule has 2 heterocycles. The highest BCUT2D eigenvalue weighted by Crippen LogP contribution is 2.39. The predicted molar refractivity (Wildman–Crippen MR) is 83.0 cm³/mol. The van der Waals surface area contributed by atoms with E-state index in [1.807, 2.05) is 11.8 Å². The van der Waals surface area contributed by atoms with E-state index in [-0.39, 0.29) is 21.2 Å². The highest BCUT2D eigenvalue weighted by molar-refractivity contribution is 8.00. The van der Waals surface area contributed by atoms with Crippen molar-refractivity contribution in [3.8, 4) is 0 Å². The zero-order valence-corrected chi connectivity index (χ0v) is 13.8. The largest absolute Gasteiger partial charge is 0.382 e. The summed E-state index contributed by atoms with van der Waals surface area (Å²) in [4.78, 5) is 2.33. The van der Waals surface area contributed by atoms with E-state index in [0.717, 1.165) is 18.8 Å². The summed E-state index contributed by atoms with van der Waals surface area (Å²) < 4.78 is 28.5. The van der Waals surface area contributed by atoms with Gasteiger partial charge in [-0.25, -0.2) is 8.42 Å². The molecule has 1 saturated heterocycles. The zero-order chi connectivity index (χ0) is 14.3. The zero-order valence-electron chi connectivity index (χ0n) is 11.3. The number of nitrogens with zero attached hydrogens (tertiary/aromatic N) is 2. The standard InChI is InChI=1S/C11H19N3O2S3/c1-4-19(15,16)8-9(12)13-18-10(8)14-5-6-17-11(2,3)7-14/h4-7H2,1-3H3,(H2,12,13). The maximum atomic E-state index is 12.2. The second-order valence-corrected chi connectivity index (χ2v) is 9.90. The molecule has 108 valence electrons. The van der Waals surface area contributed by atoms with Gasteiger partial charge in [0.1, 0.15) is 9.90 Å². The van der Waals surface area contributed by atoms with Crippen molar-refractivity contribution in [1.29, 1.82) is 0 Å². The fourth-order valence-electron chi connectivity index (χ4n) is 2.11. The van der Waals surface area contributed by atoms with Crippen LogP contribution < -0.4 is 10.6 Å². The average Bonchev–Trinajstić information content (AvgIpc) is 2.70. The lowest BCUT2D eigenvalue weighted by Gasteiger charge is -2.38. The van der Waals surface area contributed by atoms with Gasteiger partial charge in [-0.15, -0.1) is 0 Å². The molecule has 0 amide bonds. The summed E-state index contributed by atoms with van der Waals surface area (Å²) in [5.41, 5.74) is 5.77. The van der Waals surface area contributed by atoms with Gasteiger partial charge in [-0.2, -0.15) is 16.1 Å². The fourth-order valence-corrected chi connectivity index (χ4v) is 5.56. The monoisotopic (exact) mass is 321 g/mol. The molecule has 1 aromatic heterocycles. The highest BCUT2D eigenvalue weighted by atomic mass is 32.2. The van der Waals surface area contributed by atoms with Crippen LogP contribution in [0.4, 0.5) is 10.8 Å². The maximum absolute atomic E-state index is 12.2. The third-order valence-corrected chi connectivity index (χ3v) is 7.20. The van der Waals surface area contributed by atoms with E-state index in [4.69, 9.17) is 5.73 Å². The van der Waals surface area contributed by atoms with Crippen LogP contribution in [-0.4, -0.2) is 42.1 Å². The molecular weight excluding hydrogens is 302 g/mol. The SMILES string of the molecule is CCS(=O)(=O)c1c(N)nsc1N1CCSC(C)(C)C1. The molecule has 0 spiro atoms. The van der Waals surface area contributed by atoms with Gasteiger partial charge >= 0.3 is 0 Å². The van der Waals surface area contributed by atoms with Gasteiger partial charge in [0.15, 0.2) is 15.7 Å². The molecule has 2 rings (SSSR count). The molecule has 0 aromatic carbocycles. The smallest absolute Gasteiger partial charge is 0.184 e. The normalized spacial score (nSPS) is 19.6. The van der Waals surface area contributed by atoms with Gasteiger partial charge in [-0.05, 0) is 25.4 Å². The molecule has 2 N–H and O–H groups in total. The second kappa shape index (κ2) is 5.14. The first-order chi connectivity index (χ1) is 8.77. The number of nitrogen functional groups attached to an aromatic ring is 1. The Morgan fingerprint density at radius 2 is 2.16 bits per heavy atom. The molecular formula is C11H19N3O2S3. The molecule has 1 aromatic rings. The Hall–Kier alpha value is -0.470. The van der Waals surface area contributed by atoms with Gasteiger partial charge < -0.3 is 10.6 Å². The molecule has 1 aliphatic rings. The summed E-state index contributed by atoms with van der Waals surface area (Å²) in [5, 5.41) is 0.702. The van der Waals surface area contributed by atoms with E-state index in [1.54, 1.807) is 6.92 Å². The maximum Gasteiger partial charge on any atom is 0.184 e. The Bertz CT molecular complexity index is 566. The first kappa shape index (κ1) is 14.9. The van der Waals surface area contributed by atoms with Crippen molar-refractivity contribution in [3.05, 3.63) is 0 Å². The summed E-state index contributed by atoms with van der Waals surface area (Å²) in [6.45, 7) is 7.62. The Labute approximate surface area is 122 Å². The second-order valence-electron chi connectivity index (χ2n) is 5.14. The van der Waals surface area contributed by atoms with Crippen LogP contribution in [0.25, 0.3) is 0 Å². The molecule has 5 nitrogen and oxygen atoms in total. The van der Waals surface area contributed by atoms with Crippen molar-refractivity contribution in [1.82, 2.24) is 4.37 Å². The van der Waals surface area contributed by atoms with Gasteiger partial charge in [0.2, 0.25) is 0 Å². The van der Waals surface area contributed by atoms with Gasteiger partial charge in [0.05, 0.1) is 5.75 Å². The number of aromatic nitrogens is 1. The number of anilines is 2. The minimum Gasteiger partial charge on any atom is -0.382 e. The van der Waals surface area contributed by atoms with Gasteiger partial charge in [0.25, 0.3) is 0 Å². The van der Waals surface area contributed by atoms with Crippen molar-refractivity contribution >= 4 is 44.0 Å². The van der Waals surface area contributed by atoms with Crippen LogP contribution in [0.3, 0.4) is 0 Å². The number of hydrogen-bond donors (Lipinski definition) is 1. The molecule has 8 heteroatoms. The predicted octanol–water partition coefficient (Wildman–Crippen LogP) is 1.85. The molecule has 1 fully saturated rings. The number of sulfone groups is 1. The van der Waals surface area contributed by atoms with Crippen molar-refractivity contribution in [2.45, 2.75) is 30.4 Å². The van der Waals surface area contributed by atoms with E-state index in [2.05, 4.69) is 23.1 Å². The topological polar surface area (TPSA) is 76.3 Å². The Morgan fingerprint density at radius 1 is 1.47 bits per heavy atom. The van der Waals surface area contributed by atoms with E-state index in [0.29, 0.717) is 5.00 Å². The molecule has 0 saturated carbocycles. The van der Waals surface area contributed by atoms with Gasteiger partial charge in [-0.1, -0.05) is 6.92 Å². The lowest BCUT2D eigenvalue weighted by Crippen LogP contribution is -2.43. The minimum atomic E-state index is -3.33. The lowest BCUT2D eigenvalue weighted by molar-refractivity contribution is 0.596. The van der Waals surface area contributed by atoms with Crippen molar-refractivity contribution in [2.75, 3.05) is 35.2 Å². The highest BCUT2D eigenvalue weighted by Gasteiger charge is 2.33. The van der Waals surface area contributed by atoms with E-state index >= 15 is 0 Å². The third kappa shape index (κ3) is 3.00. The summed E-state index contributed by atoms with van der Waals surface area (Å²) in [6, 6.07) is 0. The number of rotatable bonds is 3. The molecule has 1 aliphatic heterocycles. The molecule has 0 unspecified atom stereocenters. The summed E-state index contributed by atoms with van der Waals surface area (Å²) in [7, 11) is -3.33. The molecule has 19 heavy (non-hydrogen) atoms. The van der Waals surface area contributed by atoms with Crippen LogP contribution in [0, 0.1) is 0 Å². The molecule has 0 atom stereocenters. The average molecular weight is 321 g/mol. The Kier molecular flexibility index (Phi) is 4.04. The molecule has 0 aliphatic carbocycles. The van der Waals surface area contributed by atoms with Crippen LogP contribution in [0.15, 0.2) is 4.90 Å². The van der Waals surface area contributed by atoms with Crippen molar-refractivity contribution in [3.63, 3.8) is 0 Å². The number of thioether (sulfide) groups is 1. The first-order valence-electron chi connectivity index (χ1n) is 6.13. The fraction of sp³-hybridized carbons (Fsp3) is 0.727. The van der Waals surface area contributed by atoms with E-state index in [9.17, 15) is 8.42 Å². The van der Waals surface area contributed by atoms with Crippen LogP contribution in [0.2, 0.25) is 0 Å². The third-order valence-electron chi connectivity index (χ3n) is 3.06. The lowest BCUT2D eigenvalue weighted by atomic mass is 10.2. The number of nitrogens with two attached hydrogens (primary N) is 1. The van der Waals surface area contributed by atoms with E-state index < -0.39 is 9.84 Å². The summed E-state index contributed by atoms with van der Waals surface area (Å²) in [6.07, 6.45) is 0. The van der Waals surface area contributed by atoms with E-state index in [1.165, 1.54) is 11.5 Å². The van der Waals surface area contributed by atoms with Gasteiger partial charge in [-0.3, -0.25) is 0 Å². The first-order valence-corrected chi connectivity index (χ1v) is 9.55. The van der Waals surface area contributed by atoms with Crippen LogP contribution >= 0.6 is 23.3 Å². The molecule has 0 bridgehead atoms. The Morgan fingerprint density at radius 3 is 2.74 bits per heavy atom. The van der Waals surface area contributed by atoms with Crippen LogP contribution in [-0.2, 0) is 9.84 Å². The van der Waals surface area contributed by atoms with Crippen LogP contribution in [0.1, 0.15) is 20.8 Å². The van der Waals surface area contributed by atoms with Gasteiger partial charge in [0, 0.05) is 23.6 Å².